The van der Waals surface area contributed by atoms with Gasteiger partial charge < -0.3 is 22.3 Å². The van der Waals surface area contributed by atoms with Crippen molar-refractivity contribution in [2.75, 3.05) is 6.54 Å². The summed E-state index contributed by atoms with van der Waals surface area (Å²) in [5.41, 5.74) is 2.74. The summed E-state index contributed by atoms with van der Waals surface area (Å²) in [5.74, 6) is 0. The maximum absolute atomic E-state index is 4.02. The van der Waals surface area contributed by atoms with E-state index in [1.165, 1.54) is 11.1 Å². The van der Waals surface area contributed by atoms with Crippen LogP contribution in [0.25, 0.3) is 0 Å². The maximum Gasteiger partial charge on any atom is 0.0945 e. The van der Waals surface area contributed by atoms with E-state index in [-0.39, 0.29) is 12.4 Å². The van der Waals surface area contributed by atoms with Crippen molar-refractivity contribution in [1.82, 2.24) is 14.9 Å². The third-order valence-electron chi connectivity index (χ3n) is 2.91. The number of hydrogen-bond acceptors (Lipinski definition) is 2. The van der Waals surface area contributed by atoms with Crippen LogP contribution in [0.3, 0.4) is 0 Å². The van der Waals surface area contributed by atoms with Crippen molar-refractivity contribution in [1.29, 1.82) is 0 Å². The lowest BCUT2D eigenvalue weighted by atomic mass is 10.1. The van der Waals surface area contributed by atoms with Crippen LogP contribution in [0.15, 0.2) is 43.0 Å². The molecular weight excluding hydrogens is 246 g/mol. The van der Waals surface area contributed by atoms with Gasteiger partial charge in [0.05, 0.1) is 6.33 Å². The highest BCUT2D eigenvalue weighted by Gasteiger charge is 1.96. The summed E-state index contributed by atoms with van der Waals surface area (Å²) in [6.07, 6.45) is 6.81. The van der Waals surface area contributed by atoms with Crippen molar-refractivity contribution < 1.29 is 12.4 Å². The molecule has 18 heavy (non-hydrogen) atoms. The van der Waals surface area contributed by atoms with Gasteiger partial charge in [-0.3, -0.25) is 0 Å². The number of nitrogens with zero attached hydrogens (tertiary/aromatic N) is 2. The number of aromatic nitrogens is 2. The first-order valence-electron chi connectivity index (χ1n) is 6.07. The maximum atomic E-state index is 4.02. The van der Waals surface area contributed by atoms with Crippen LogP contribution < -0.4 is 17.7 Å². The Labute approximate surface area is 115 Å². The molecule has 3 nitrogen and oxygen atoms in total. The fourth-order valence-electron chi connectivity index (χ4n) is 1.84. The van der Waals surface area contributed by atoms with E-state index in [0.29, 0.717) is 0 Å². The number of nitrogens with one attached hydrogen (secondary N) is 1. The fourth-order valence-corrected chi connectivity index (χ4v) is 1.84. The second-order valence-corrected chi connectivity index (χ2v) is 4.26. The minimum Gasteiger partial charge on any atom is -1.00 e. The Balaban J connectivity index is 0.00000162. The van der Waals surface area contributed by atoms with Crippen LogP contribution in [-0.4, -0.2) is 16.1 Å². The van der Waals surface area contributed by atoms with E-state index < -0.39 is 0 Å². The molecule has 0 bridgehead atoms. The summed E-state index contributed by atoms with van der Waals surface area (Å²) < 4.78 is 2.11. The first-order valence-corrected chi connectivity index (χ1v) is 6.07. The van der Waals surface area contributed by atoms with E-state index in [9.17, 15) is 0 Å². The molecule has 0 spiro atoms. The SMILES string of the molecule is Cc1ccccc1CNCCCn1ccnc1.[Cl-]. The van der Waals surface area contributed by atoms with Crippen molar-refractivity contribution in [3.63, 3.8) is 0 Å². The molecule has 0 aliphatic heterocycles. The van der Waals surface area contributed by atoms with Crippen LogP contribution in [0.4, 0.5) is 0 Å². The highest BCUT2D eigenvalue weighted by atomic mass is 35.5. The zero-order valence-corrected chi connectivity index (χ0v) is 11.4. The molecule has 0 saturated heterocycles. The van der Waals surface area contributed by atoms with E-state index in [1.807, 2.05) is 18.7 Å². The lowest BCUT2D eigenvalue weighted by Crippen LogP contribution is -3.00. The molecule has 0 unspecified atom stereocenters. The van der Waals surface area contributed by atoms with Gasteiger partial charge >= 0.3 is 0 Å². The van der Waals surface area contributed by atoms with Crippen LogP contribution in [-0.2, 0) is 13.1 Å². The Bertz CT molecular complexity index is 440. The summed E-state index contributed by atoms with van der Waals surface area (Å²) in [4.78, 5) is 4.02. The second-order valence-electron chi connectivity index (χ2n) is 4.26. The molecule has 0 saturated carbocycles. The van der Waals surface area contributed by atoms with Gasteiger partial charge in [-0.2, -0.15) is 0 Å². The molecule has 1 N–H and O–H groups in total. The number of rotatable bonds is 6. The third-order valence-corrected chi connectivity index (χ3v) is 2.91. The van der Waals surface area contributed by atoms with E-state index in [0.717, 1.165) is 26.1 Å². The quantitative estimate of drug-likeness (QED) is 0.705. The average molecular weight is 265 g/mol. The molecule has 0 aliphatic carbocycles. The number of aryl methyl sites for hydroxylation is 2. The Kier molecular flexibility index (Phi) is 6.47. The van der Waals surface area contributed by atoms with Gasteiger partial charge in [0, 0.05) is 25.5 Å². The minimum atomic E-state index is 0. The Morgan fingerprint density at radius 1 is 1.28 bits per heavy atom. The Hall–Kier alpha value is -1.32. The minimum absolute atomic E-state index is 0. The van der Waals surface area contributed by atoms with E-state index in [4.69, 9.17) is 0 Å². The molecule has 4 heteroatoms. The monoisotopic (exact) mass is 264 g/mol. The van der Waals surface area contributed by atoms with Gasteiger partial charge in [0.15, 0.2) is 0 Å². The van der Waals surface area contributed by atoms with Crippen LogP contribution in [0.5, 0.6) is 0 Å². The average Bonchev–Trinajstić information content (AvgIpc) is 2.84. The normalized spacial score (nSPS) is 10.1. The van der Waals surface area contributed by atoms with Gasteiger partial charge in [-0.05, 0) is 31.0 Å². The summed E-state index contributed by atoms with van der Waals surface area (Å²) in [7, 11) is 0. The van der Waals surface area contributed by atoms with Crippen molar-refractivity contribution >= 4 is 0 Å². The molecule has 1 aromatic heterocycles. The zero-order chi connectivity index (χ0) is 11.9. The summed E-state index contributed by atoms with van der Waals surface area (Å²) in [6.45, 7) is 5.17. The Morgan fingerprint density at radius 3 is 2.83 bits per heavy atom. The second kappa shape index (κ2) is 7.90. The molecule has 2 rings (SSSR count). The number of benzene rings is 1. The van der Waals surface area contributed by atoms with Crippen molar-refractivity contribution in [2.45, 2.75) is 26.4 Å². The predicted octanol–water partition coefficient (Wildman–Crippen LogP) is -0.625. The summed E-state index contributed by atoms with van der Waals surface area (Å²) in [6, 6.07) is 8.51. The number of imidazole rings is 1. The molecule has 0 fully saturated rings. The van der Waals surface area contributed by atoms with Gasteiger partial charge in [-0.25, -0.2) is 4.98 Å². The van der Waals surface area contributed by atoms with E-state index >= 15 is 0 Å². The largest absolute Gasteiger partial charge is 1.00 e. The summed E-state index contributed by atoms with van der Waals surface area (Å²) in [5, 5.41) is 3.47. The Morgan fingerprint density at radius 2 is 2.11 bits per heavy atom. The van der Waals surface area contributed by atoms with Gasteiger partial charge in [0.1, 0.15) is 0 Å². The van der Waals surface area contributed by atoms with Crippen LogP contribution >= 0.6 is 0 Å². The molecule has 0 radical (unpaired) electrons. The smallest absolute Gasteiger partial charge is 0.0945 e. The lowest BCUT2D eigenvalue weighted by molar-refractivity contribution is -0.00000366. The number of halogens is 1. The van der Waals surface area contributed by atoms with E-state index in [1.54, 1.807) is 0 Å². The molecule has 98 valence electrons. The first kappa shape index (κ1) is 14.7. The van der Waals surface area contributed by atoms with Crippen molar-refractivity contribution in [3.8, 4) is 0 Å². The first-order chi connectivity index (χ1) is 8.36. The lowest BCUT2D eigenvalue weighted by Gasteiger charge is -2.07. The fraction of sp³-hybridized carbons (Fsp3) is 0.357. The highest BCUT2D eigenvalue weighted by molar-refractivity contribution is 5.25. The van der Waals surface area contributed by atoms with Gasteiger partial charge in [0.25, 0.3) is 0 Å². The van der Waals surface area contributed by atoms with Crippen LogP contribution in [0, 0.1) is 6.92 Å². The van der Waals surface area contributed by atoms with Gasteiger partial charge in [-0.15, -0.1) is 0 Å². The van der Waals surface area contributed by atoms with Gasteiger partial charge in [0.2, 0.25) is 0 Å². The van der Waals surface area contributed by atoms with Crippen molar-refractivity contribution in [2.24, 2.45) is 0 Å². The molecule has 0 atom stereocenters. The number of hydrogen-bond donors (Lipinski definition) is 1. The molecule has 0 amide bonds. The third kappa shape index (κ3) is 4.51. The van der Waals surface area contributed by atoms with Crippen LogP contribution in [0.1, 0.15) is 17.5 Å². The van der Waals surface area contributed by atoms with Crippen LogP contribution in [0.2, 0.25) is 0 Å². The van der Waals surface area contributed by atoms with E-state index in [2.05, 4.69) is 46.1 Å². The zero-order valence-electron chi connectivity index (χ0n) is 10.6. The highest BCUT2D eigenvalue weighted by Crippen LogP contribution is 2.05. The summed E-state index contributed by atoms with van der Waals surface area (Å²) >= 11 is 0. The molecule has 2 aromatic rings. The molecular formula is C14H19ClN3-. The molecule has 0 aliphatic rings. The van der Waals surface area contributed by atoms with Gasteiger partial charge in [-0.1, -0.05) is 24.3 Å². The molecule has 1 heterocycles. The molecule has 1 aromatic carbocycles. The predicted molar refractivity (Wildman–Crippen MR) is 69.7 cm³/mol. The van der Waals surface area contributed by atoms with Crippen molar-refractivity contribution in [3.05, 3.63) is 54.1 Å². The topological polar surface area (TPSA) is 29.9 Å². The standard InChI is InChI=1S/C14H19N3.ClH/c1-13-5-2-3-6-14(13)11-15-7-4-9-17-10-8-16-12-17;/h2-3,5-6,8,10,12,15H,4,7,9,11H2,1H3;1H/p-1.